The van der Waals surface area contributed by atoms with E-state index in [9.17, 15) is 20.0 Å². The lowest BCUT2D eigenvalue weighted by Crippen LogP contribution is -2.42. The molecule has 1 aromatic rings. The van der Waals surface area contributed by atoms with Gasteiger partial charge in [0, 0.05) is 12.5 Å². The molecule has 0 radical (unpaired) electrons. The van der Waals surface area contributed by atoms with E-state index in [1.54, 1.807) is 0 Å². The Labute approximate surface area is 106 Å². The molecule has 2 atom stereocenters. The number of nitrogens with one attached hydrogen (secondary N) is 1. The molecule has 0 unspecified atom stereocenters. The molecule has 2 rings (SSSR count). The van der Waals surface area contributed by atoms with Gasteiger partial charge in [-0.15, -0.1) is 0 Å². The van der Waals surface area contributed by atoms with E-state index in [2.05, 4.69) is 4.98 Å². The second kappa shape index (κ2) is 4.61. The monoisotopic (exact) mass is 271 g/mol. The highest BCUT2D eigenvalue weighted by molar-refractivity contribution is 5.54. The van der Waals surface area contributed by atoms with Crippen LogP contribution in [0.1, 0.15) is 12.0 Å². The number of pyridine rings is 1. The molecular weight excluding hydrogens is 258 g/mol. The van der Waals surface area contributed by atoms with Crippen molar-refractivity contribution in [2.24, 2.45) is 0 Å². The van der Waals surface area contributed by atoms with Gasteiger partial charge >= 0.3 is 5.69 Å². The average Bonchev–Trinajstić information content (AvgIpc) is 2.70. The number of hydrogen-bond acceptors (Lipinski definition) is 7. The lowest BCUT2D eigenvalue weighted by molar-refractivity contribution is -0.384. The zero-order valence-corrected chi connectivity index (χ0v) is 9.83. The Morgan fingerprint density at radius 3 is 2.95 bits per heavy atom. The SMILES string of the molecule is Nc1[nH]c(=O)c([C@@]2(O)CCO[C@H]2CO)cc1[N+](=O)[O-]. The summed E-state index contributed by atoms with van der Waals surface area (Å²) in [6.07, 6.45) is -0.945. The van der Waals surface area contributed by atoms with Crippen molar-refractivity contribution in [2.75, 3.05) is 18.9 Å². The van der Waals surface area contributed by atoms with Crippen LogP contribution in [0.4, 0.5) is 11.5 Å². The first kappa shape index (κ1) is 13.5. The first-order valence-corrected chi connectivity index (χ1v) is 5.52. The number of nitrogens with zero attached hydrogens (tertiary/aromatic N) is 1. The molecule has 0 bridgehead atoms. The number of aromatic nitrogens is 1. The summed E-state index contributed by atoms with van der Waals surface area (Å²) in [5.41, 5.74) is 2.10. The molecule has 0 saturated carbocycles. The van der Waals surface area contributed by atoms with Crippen molar-refractivity contribution in [1.29, 1.82) is 0 Å². The number of hydrogen-bond donors (Lipinski definition) is 4. The van der Waals surface area contributed by atoms with Crippen molar-refractivity contribution in [1.82, 2.24) is 4.98 Å². The Kier molecular flexibility index (Phi) is 3.27. The van der Waals surface area contributed by atoms with Gasteiger partial charge in [-0.2, -0.15) is 0 Å². The summed E-state index contributed by atoms with van der Waals surface area (Å²) in [7, 11) is 0. The highest BCUT2D eigenvalue weighted by atomic mass is 16.6. The van der Waals surface area contributed by atoms with Crippen LogP contribution < -0.4 is 11.3 Å². The second-order valence-corrected chi connectivity index (χ2v) is 4.28. The molecule has 1 saturated heterocycles. The van der Waals surface area contributed by atoms with Crippen LogP contribution in [-0.4, -0.2) is 39.4 Å². The van der Waals surface area contributed by atoms with Gasteiger partial charge in [0.2, 0.25) is 0 Å². The zero-order valence-electron chi connectivity index (χ0n) is 9.83. The number of aliphatic hydroxyl groups excluding tert-OH is 1. The second-order valence-electron chi connectivity index (χ2n) is 4.28. The van der Waals surface area contributed by atoms with Crippen LogP contribution in [0.3, 0.4) is 0 Å². The molecule has 2 heterocycles. The lowest BCUT2D eigenvalue weighted by atomic mass is 9.88. The van der Waals surface area contributed by atoms with Crippen LogP contribution in [0.25, 0.3) is 0 Å². The van der Waals surface area contributed by atoms with E-state index in [1.165, 1.54) is 0 Å². The van der Waals surface area contributed by atoms with Crippen LogP contribution in [0.5, 0.6) is 0 Å². The quantitative estimate of drug-likeness (QED) is 0.399. The molecule has 5 N–H and O–H groups in total. The molecule has 1 aliphatic heterocycles. The molecule has 1 aliphatic rings. The highest BCUT2D eigenvalue weighted by Gasteiger charge is 2.46. The van der Waals surface area contributed by atoms with Crippen molar-refractivity contribution < 1.29 is 19.9 Å². The van der Waals surface area contributed by atoms with Gasteiger partial charge in [-0.05, 0) is 0 Å². The number of nitrogen functional groups attached to an aromatic ring is 1. The Morgan fingerprint density at radius 1 is 1.68 bits per heavy atom. The summed E-state index contributed by atoms with van der Waals surface area (Å²) in [6, 6.07) is 0.922. The number of rotatable bonds is 3. The van der Waals surface area contributed by atoms with Gasteiger partial charge in [-0.25, -0.2) is 0 Å². The molecule has 1 aromatic heterocycles. The third-order valence-corrected chi connectivity index (χ3v) is 3.21. The molecule has 9 heteroatoms. The Morgan fingerprint density at radius 2 is 2.37 bits per heavy atom. The molecule has 104 valence electrons. The molecule has 9 nitrogen and oxygen atoms in total. The van der Waals surface area contributed by atoms with Crippen molar-refractivity contribution in [2.45, 2.75) is 18.1 Å². The molecule has 0 aliphatic carbocycles. The predicted molar refractivity (Wildman–Crippen MR) is 63.5 cm³/mol. The van der Waals surface area contributed by atoms with Gasteiger partial charge in [0.05, 0.1) is 23.7 Å². The first-order valence-electron chi connectivity index (χ1n) is 5.52. The van der Waals surface area contributed by atoms with Crippen molar-refractivity contribution in [3.05, 3.63) is 32.1 Å². The Bertz CT molecular complexity index is 571. The maximum atomic E-state index is 11.8. The van der Waals surface area contributed by atoms with Gasteiger partial charge in [-0.1, -0.05) is 0 Å². The largest absolute Gasteiger partial charge is 0.394 e. The summed E-state index contributed by atoms with van der Waals surface area (Å²) < 4.78 is 5.10. The topological polar surface area (TPSA) is 152 Å². The minimum Gasteiger partial charge on any atom is -0.394 e. The van der Waals surface area contributed by atoms with Crippen LogP contribution in [0.15, 0.2) is 10.9 Å². The van der Waals surface area contributed by atoms with Crippen LogP contribution >= 0.6 is 0 Å². The van der Waals surface area contributed by atoms with E-state index in [0.717, 1.165) is 6.07 Å². The lowest BCUT2D eigenvalue weighted by Gasteiger charge is -2.26. The number of ether oxygens (including phenoxy) is 1. The fraction of sp³-hybridized carbons (Fsp3) is 0.500. The van der Waals surface area contributed by atoms with Crippen LogP contribution in [0.2, 0.25) is 0 Å². The summed E-state index contributed by atoms with van der Waals surface area (Å²) >= 11 is 0. The van der Waals surface area contributed by atoms with E-state index in [1.807, 2.05) is 0 Å². The van der Waals surface area contributed by atoms with Gasteiger partial charge in [0.1, 0.15) is 11.7 Å². The van der Waals surface area contributed by atoms with Gasteiger partial charge in [0.15, 0.2) is 5.82 Å². The fourth-order valence-electron chi connectivity index (χ4n) is 2.17. The minimum atomic E-state index is -1.76. The third-order valence-electron chi connectivity index (χ3n) is 3.21. The smallest absolute Gasteiger partial charge is 0.309 e. The van der Waals surface area contributed by atoms with Crippen molar-refractivity contribution in [3.63, 3.8) is 0 Å². The number of aromatic amines is 1. The molecule has 0 spiro atoms. The zero-order chi connectivity index (χ0) is 14.2. The first-order chi connectivity index (χ1) is 8.90. The fourth-order valence-corrected chi connectivity index (χ4v) is 2.17. The predicted octanol–water partition coefficient (Wildman–Crippen LogP) is -1.17. The molecular formula is C10H13N3O6. The van der Waals surface area contributed by atoms with E-state index < -0.39 is 34.5 Å². The van der Waals surface area contributed by atoms with Crippen LogP contribution in [0, 0.1) is 10.1 Å². The maximum absolute atomic E-state index is 11.8. The molecule has 0 aromatic carbocycles. The number of H-pyrrole nitrogens is 1. The van der Waals surface area contributed by atoms with Crippen molar-refractivity contribution in [3.8, 4) is 0 Å². The molecule has 0 amide bonds. The summed E-state index contributed by atoms with van der Waals surface area (Å²) in [6.45, 7) is -0.368. The Hall–Kier alpha value is -1.97. The van der Waals surface area contributed by atoms with E-state index in [-0.39, 0.29) is 24.4 Å². The number of nitro groups is 1. The van der Waals surface area contributed by atoms with Gasteiger partial charge in [0.25, 0.3) is 5.56 Å². The third kappa shape index (κ3) is 2.07. The minimum absolute atomic E-state index is 0.0579. The summed E-state index contributed by atoms with van der Waals surface area (Å²) in [4.78, 5) is 24.0. The number of nitrogens with two attached hydrogens (primary N) is 1. The normalized spacial score (nSPS) is 26.5. The molecule has 19 heavy (non-hydrogen) atoms. The van der Waals surface area contributed by atoms with Gasteiger partial charge < -0.3 is 25.7 Å². The maximum Gasteiger partial charge on any atom is 0.309 e. The summed E-state index contributed by atoms with van der Waals surface area (Å²) in [5.74, 6) is -0.387. The Balaban J connectivity index is 2.59. The molecule has 1 fully saturated rings. The highest BCUT2D eigenvalue weighted by Crippen LogP contribution is 2.35. The standard InChI is InChI=1S/C10H13N3O6/c11-8-6(13(17)18)3-5(9(15)12-8)10(16)1-2-19-7(10)4-14/h3,7,14,16H,1-2,4H2,(H3,11,12,15)/t7-,10-/m0/s1. The number of anilines is 1. The van der Waals surface area contributed by atoms with E-state index in [4.69, 9.17) is 15.6 Å². The summed E-state index contributed by atoms with van der Waals surface area (Å²) in [5, 5.41) is 30.4. The van der Waals surface area contributed by atoms with Gasteiger partial charge in [-0.3, -0.25) is 14.9 Å². The van der Waals surface area contributed by atoms with Crippen LogP contribution in [-0.2, 0) is 10.3 Å². The average molecular weight is 271 g/mol. The van der Waals surface area contributed by atoms with Crippen molar-refractivity contribution >= 4 is 11.5 Å². The van der Waals surface area contributed by atoms with E-state index >= 15 is 0 Å². The van der Waals surface area contributed by atoms with E-state index in [0.29, 0.717) is 0 Å². The number of aliphatic hydroxyl groups is 2.